The zero-order chi connectivity index (χ0) is 8.81. The summed E-state index contributed by atoms with van der Waals surface area (Å²) in [7, 11) is 0. The first-order valence-electron chi connectivity index (χ1n) is 4.46. The highest BCUT2D eigenvalue weighted by Crippen LogP contribution is 2.17. The molecule has 0 saturated heterocycles. The Labute approximate surface area is 75.0 Å². The van der Waals surface area contributed by atoms with E-state index in [2.05, 4.69) is 37.8 Å². The van der Waals surface area contributed by atoms with Gasteiger partial charge in [0.25, 0.3) is 0 Å². The van der Waals surface area contributed by atoms with Gasteiger partial charge < -0.3 is 0 Å². The van der Waals surface area contributed by atoms with Crippen molar-refractivity contribution in [3.05, 3.63) is 48.1 Å². The molecule has 1 rings (SSSR count). The molecule has 0 amide bonds. The van der Waals surface area contributed by atoms with E-state index in [0.717, 1.165) is 6.42 Å². The van der Waals surface area contributed by atoms with Gasteiger partial charge in [0, 0.05) is 0 Å². The van der Waals surface area contributed by atoms with E-state index in [1.165, 1.54) is 24.0 Å². The van der Waals surface area contributed by atoms with Crippen LogP contribution in [-0.2, 0) is 0 Å². The standard InChI is InChI=1S/C12H16/c1-3-11(2)9-10-12-7-5-4-6-8-12/h3-5,9-10H,1,6-8H2,2H3. The molecule has 0 spiro atoms. The third-order valence-electron chi connectivity index (χ3n) is 2.08. The molecule has 12 heavy (non-hydrogen) atoms. The molecule has 0 heteroatoms. The minimum Gasteiger partial charge on any atom is -0.0988 e. The first-order chi connectivity index (χ1) is 5.83. The van der Waals surface area contributed by atoms with Crippen molar-refractivity contribution >= 4 is 0 Å². The van der Waals surface area contributed by atoms with Crippen molar-refractivity contribution in [2.24, 2.45) is 0 Å². The third-order valence-corrected chi connectivity index (χ3v) is 2.08. The smallest absolute Gasteiger partial charge is 0.0136 e. The van der Waals surface area contributed by atoms with E-state index in [-0.39, 0.29) is 0 Å². The van der Waals surface area contributed by atoms with Crippen LogP contribution in [0.2, 0.25) is 0 Å². The van der Waals surface area contributed by atoms with Gasteiger partial charge in [-0.05, 0) is 26.2 Å². The molecule has 1 aliphatic carbocycles. The Morgan fingerprint density at radius 3 is 2.92 bits per heavy atom. The molecule has 0 aromatic heterocycles. The largest absolute Gasteiger partial charge is 0.0988 e. The molecule has 0 heterocycles. The van der Waals surface area contributed by atoms with Gasteiger partial charge >= 0.3 is 0 Å². The van der Waals surface area contributed by atoms with Gasteiger partial charge in [-0.25, -0.2) is 0 Å². The molecule has 0 aromatic carbocycles. The molecule has 1 aliphatic rings. The lowest BCUT2D eigenvalue weighted by Gasteiger charge is -2.06. The normalized spacial score (nSPS) is 21.4. The Hall–Kier alpha value is -1.04. The SMILES string of the molecule is C=CC(C)=CC=C1CC=CCC1. The minimum atomic E-state index is 1.13. The van der Waals surface area contributed by atoms with Gasteiger partial charge in [-0.3, -0.25) is 0 Å². The lowest BCUT2D eigenvalue weighted by atomic mass is 10.0. The zero-order valence-corrected chi connectivity index (χ0v) is 7.72. The van der Waals surface area contributed by atoms with Crippen LogP contribution in [-0.4, -0.2) is 0 Å². The highest BCUT2D eigenvalue weighted by atomic mass is 14.0. The average molecular weight is 160 g/mol. The molecule has 0 nitrogen and oxygen atoms in total. The highest BCUT2D eigenvalue weighted by Gasteiger charge is 1.97. The molecule has 0 saturated carbocycles. The molecule has 0 radical (unpaired) electrons. The minimum absolute atomic E-state index is 1.13. The average Bonchev–Trinajstić information content (AvgIpc) is 2.16. The maximum absolute atomic E-state index is 3.71. The predicted octanol–water partition coefficient (Wildman–Crippen LogP) is 3.79. The molecule has 0 N–H and O–H groups in total. The molecule has 0 aromatic rings. The fraction of sp³-hybridized carbons (Fsp3) is 0.333. The Morgan fingerprint density at radius 1 is 1.50 bits per heavy atom. The lowest BCUT2D eigenvalue weighted by Crippen LogP contribution is -1.86. The van der Waals surface area contributed by atoms with Crippen LogP contribution in [0.25, 0.3) is 0 Å². The van der Waals surface area contributed by atoms with Gasteiger partial charge in [0.2, 0.25) is 0 Å². The molecule has 0 bridgehead atoms. The summed E-state index contributed by atoms with van der Waals surface area (Å²) in [6.45, 7) is 5.78. The van der Waals surface area contributed by atoms with Gasteiger partial charge in [-0.15, -0.1) is 0 Å². The van der Waals surface area contributed by atoms with E-state index >= 15 is 0 Å². The Balaban J connectivity index is 2.56. The molecule has 0 aliphatic heterocycles. The van der Waals surface area contributed by atoms with Crippen molar-refractivity contribution in [3.63, 3.8) is 0 Å². The van der Waals surface area contributed by atoms with Crippen LogP contribution in [0.5, 0.6) is 0 Å². The van der Waals surface area contributed by atoms with Crippen LogP contribution in [0.3, 0.4) is 0 Å². The second-order valence-corrected chi connectivity index (χ2v) is 3.15. The van der Waals surface area contributed by atoms with Crippen molar-refractivity contribution in [3.8, 4) is 0 Å². The van der Waals surface area contributed by atoms with Crippen molar-refractivity contribution in [2.75, 3.05) is 0 Å². The molecular weight excluding hydrogens is 144 g/mol. The summed E-state index contributed by atoms with van der Waals surface area (Å²) in [5.74, 6) is 0. The Bertz CT molecular complexity index is 239. The van der Waals surface area contributed by atoms with E-state index in [1.807, 2.05) is 6.08 Å². The fourth-order valence-electron chi connectivity index (χ4n) is 1.19. The summed E-state index contributed by atoms with van der Waals surface area (Å²) in [5.41, 5.74) is 2.76. The molecule has 0 fully saturated rings. The van der Waals surface area contributed by atoms with Crippen molar-refractivity contribution in [1.82, 2.24) is 0 Å². The van der Waals surface area contributed by atoms with E-state index < -0.39 is 0 Å². The van der Waals surface area contributed by atoms with Gasteiger partial charge in [0.15, 0.2) is 0 Å². The second kappa shape index (κ2) is 4.76. The van der Waals surface area contributed by atoms with Gasteiger partial charge in [-0.1, -0.05) is 48.1 Å². The highest BCUT2D eigenvalue weighted by molar-refractivity contribution is 5.25. The summed E-state index contributed by atoms with van der Waals surface area (Å²) in [6.07, 6.45) is 14.3. The Morgan fingerprint density at radius 2 is 2.33 bits per heavy atom. The van der Waals surface area contributed by atoms with Crippen molar-refractivity contribution in [2.45, 2.75) is 26.2 Å². The quantitative estimate of drug-likeness (QED) is 0.426. The number of hydrogen-bond donors (Lipinski definition) is 0. The van der Waals surface area contributed by atoms with Crippen LogP contribution in [0.1, 0.15) is 26.2 Å². The van der Waals surface area contributed by atoms with E-state index in [0.29, 0.717) is 0 Å². The molecular formula is C12H16. The van der Waals surface area contributed by atoms with Crippen LogP contribution in [0.15, 0.2) is 48.1 Å². The van der Waals surface area contributed by atoms with E-state index in [9.17, 15) is 0 Å². The van der Waals surface area contributed by atoms with Crippen LogP contribution in [0, 0.1) is 0 Å². The maximum atomic E-state index is 3.71. The van der Waals surface area contributed by atoms with E-state index in [4.69, 9.17) is 0 Å². The fourth-order valence-corrected chi connectivity index (χ4v) is 1.19. The van der Waals surface area contributed by atoms with E-state index in [1.54, 1.807) is 0 Å². The molecule has 0 atom stereocenters. The number of allylic oxidation sites excluding steroid dienone is 7. The summed E-state index contributed by atoms with van der Waals surface area (Å²) in [6, 6.07) is 0. The maximum Gasteiger partial charge on any atom is -0.0136 e. The molecule has 0 unspecified atom stereocenters. The summed E-state index contributed by atoms with van der Waals surface area (Å²) in [4.78, 5) is 0. The van der Waals surface area contributed by atoms with Crippen molar-refractivity contribution < 1.29 is 0 Å². The van der Waals surface area contributed by atoms with Crippen LogP contribution in [0.4, 0.5) is 0 Å². The lowest BCUT2D eigenvalue weighted by molar-refractivity contribution is 0.900. The Kier molecular flexibility index (Phi) is 3.59. The van der Waals surface area contributed by atoms with Crippen LogP contribution < -0.4 is 0 Å². The predicted molar refractivity (Wildman–Crippen MR) is 55.0 cm³/mol. The van der Waals surface area contributed by atoms with Gasteiger partial charge in [0.1, 0.15) is 0 Å². The number of hydrogen-bond acceptors (Lipinski definition) is 0. The summed E-state index contributed by atoms with van der Waals surface area (Å²) >= 11 is 0. The summed E-state index contributed by atoms with van der Waals surface area (Å²) in [5, 5.41) is 0. The third kappa shape index (κ3) is 2.91. The van der Waals surface area contributed by atoms with Gasteiger partial charge in [0.05, 0.1) is 0 Å². The first-order valence-corrected chi connectivity index (χ1v) is 4.46. The first kappa shape index (κ1) is 9.05. The zero-order valence-electron chi connectivity index (χ0n) is 7.72. The molecule has 64 valence electrons. The second-order valence-electron chi connectivity index (χ2n) is 3.15. The van der Waals surface area contributed by atoms with Gasteiger partial charge in [-0.2, -0.15) is 0 Å². The van der Waals surface area contributed by atoms with Crippen LogP contribution >= 0.6 is 0 Å². The topological polar surface area (TPSA) is 0 Å². The van der Waals surface area contributed by atoms with Crippen molar-refractivity contribution in [1.29, 1.82) is 0 Å². The summed E-state index contributed by atoms with van der Waals surface area (Å²) < 4.78 is 0. The monoisotopic (exact) mass is 160 g/mol. The number of rotatable bonds is 2.